The van der Waals surface area contributed by atoms with Crippen LogP contribution in [-0.4, -0.2) is 31.5 Å². The van der Waals surface area contributed by atoms with Gasteiger partial charge < -0.3 is 20.4 Å². The number of rotatable bonds is 8. The van der Waals surface area contributed by atoms with Crippen molar-refractivity contribution in [3.05, 3.63) is 52.4 Å². The number of hydrogen-bond donors (Lipinski definition) is 3. The van der Waals surface area contributed by atoms with E-state index in [1.165, 1.54) is 0 Å². The predicted molar refractivity (Wildman–Crippen MR) is 109 cm³/mol. The summed E-state index contributed by atoms with van der Waals surface area (Å²) in [6, 6.07) is 9.59. The summed E-state index contributed by atoms with van der Waals surface area (Å²) in [7, 11) is 0. The number of nitrogens with zero attached hydrogens (tertiary/aromatic N) is 1. The normalized spacial score (nSPS) is 11.3. The molecule has 26 heavy (non-hydrogen) atoms. The lowest BCUT2D eigenvalue weighted by atomic mass is 10.2. The van der Waals surface area contributed by atoms with Crippen LogP contribution in [-0.2, 0) is 11.2 Å². The number of guanidine groups is 1. The highest BCUT2D eigenvalue weighted by molar-refractivity contribution is 9.10. The van der Waals surface area contributed by atoms with E-state index in [1.807, 2.05) is 44.2 Å². The summed E-state index contributed by atoms with van der Waals surface area (Å²) in [5.41, 5.74) is 1.85. The first kappa shape index (κ1) is 20.0. The smallest absolute Gasteiger partial charge is 0.226 e. The van der Waals surface area contributed by atoms with Crippen LogP contribution in [0.1, 0.15) is 24.7 Å². The van der Waals surface area contributed by atoms with Crippen LogP contribution < -0.4 is 16.0 Å². The van der Waals surface area contributed by atoms with Gasteiger partial charge in [-0.15, -0.1) is 0 Å². The third-order valence-corrected chi connectivity index (χ3v) is 4.15. The van der Waals surface area contributed by atoms with Crippen molar-refractivity contribution in [3.63, 3.8) is 0 Å². The van der Waals surface area contributed by atoms with E-state index in [-0.39, 0.29) is 5.91 Å². The minimum absolute atomic E-state index is 0.0330. The third-order valence-electron chi connectivity index (χ3n) is 3.66. The monoisotopic (exact) mass is 420 g/mol. The van der Waals surface area contributed by atoms with Crippen molar-refractivity contribution in [3.8, 4) is 0 Å². The first-order chi connectivity index (χ1) is 12.6. The SMILES string of the molecule is CCNC(=NCCc1ccco1)NCCC(=O)Nc1ccc(Br)cc1C. The zero-order valence-electron chi connectivity index (χ0n) is 15.1. The standard InChI is InChI=1S/C19H25BrN4O2/c1-3-21-19(22-10-8-16-5-4-12-26-16)23-11-9-18(25)24-17-7-6-15(20)13-14(17)2/h4-7,12-13H,3,8-11H2,1-2H3,(H,24,25)(H2,21,22,23). The molecule has 1 amide bonds. The van der Waals surface area contributed by atoms with Crippen LogP contribution in [0.5, 0.6) is 0 Å². The molecule has 0 aliphatic carbocycles. The lowest BCUT2D eigenvalue weighted by Crippen LogP contribution is -2.38. The van der Waals surface area contributed by atoms with Crippen molar-refractivity contribution < 1.29 is 9.21 Å². The molecule has 2 rings (SSSR count). The Balaban J connectivity index is 1.76. The van der Waals surface area contributed by atoms with Crippen molar-refractivity contribution in [2.75, 3.05) is 25.0 Å². The number of aliphatic imine (C=N–C) groups is 1. The Hall–Kier alpha value is -2.28. The van der Waals surface area contributed by atoms with Gasteiger partial charge in [0.1, 0.15) is 5.76 Å². The molecule has 7 heteroatoms. The van der Waals surface area contributed by atoms with Gasteiger partial charge in [-0.3, -0.25) is 9.79 Å². The third kappa shape index (κ3) is 6.92. The molecule has 0 unspecified atom stereocenters. The van der Waals surface area contributed by atoms with Crippen LogP contribution >= 0.6 is 15.9 Å². The average molecular weight is 421 g/mol. The van der Waals surface area contributed by atoms with Crippen molar-refractivity contribution in [1.82, 2.24) is 10.6 Å². The topological polar surface area (TPSA) is 78.7 Å². The van der Waals surface area contributed by atoms with E-state index in [1.54, 1.807) is 6.26 Å². The molecule has 0 spiro atoms. The van der Waals surface area contributed by atoms with Gasteiger partial charge in [-0.2, -0.15) is 0 Å². The highest BCUT2D eigenvalue weighted by Crippen LogP contribution is 2.20. The second-order valence-electron chi connectivity index (χ2n) is 5.77. The van der Waals surface area contributed by atoms with Gasteiger partial charge in [-0.25, -0.2) is 0 Å². The molecule has 1 heterocycles. The highest BCUT2D eigenvalue weighted by atomic mass is 79.9. The number of benzene rings is 1. The molecule has 0 aliphatic heterocycles. The zero-order chi connectivity index (χ0) is 18.8. The van der Waals surface area contributed by atoms with Gasteiger partial charge in [0.05, 0.1) is 6.26 Å². The van der Waals surface area contributed by atoms with Gasteiger partial charge in [0.15, 0.2) is 5.96 Å². The van der Waals surface area contributed by atoms with Crippen molar-refractivity contribution in [2.24, 2.45) is 4.99 Å². The number of nitrogens with one attached hydrogen (secondary N) is 3. The maximum absolute atomic E-state index is 12.1. The summed E-state index contributed by atoms with van der Waals surface area (Å²) in [4.78, 5) is 16.6. The summed E-state index contributed by atoms with van der Waals surface area (Å²) >= 11 is 3.42. The minimum Gasteiger partial charge on any atom is -0.469 e. The largest absolute Gasteiger partial charge is 0.469 e. The van der Waals surface area contributed by atoms with Crippen LogP contribution in [0, 0.1) is 6.92 Å². The van der Waals surface area contributed by atoms with Crippen LogP contribution in [0.3, 0.4) is 0 Å². The van der Waals surface area contributed by atoms with Crippen LogP contribution in [0.25, 0.3) is 0 Å². The van der Waals surface area contributed by atoms with Gasteiger partial charge in [-0.1, -0.05) is 15.9 Å². The van der Waals surface area contributed by atoms with E-state index in [4.69, 9.17) is 4.42 Å². The fourth-order valence-electron chi connectivity index (χ4n) is 2.35. The van der Waals surface area contributed by atoms with Gasteiger partial charge >= 0.3 is 0 Å². The van der Waals surface area contributed by atoms with Gasteiger partial charge in [0.25, 0.3) is 0 Å². The number of halogens is 1. The number of aryl methyl sites for hydroxylation is 1. The Morgan fingerprint density at radius 1 is 1.27 bits per heavy atom. The first-order valence-electron chi connectivity index (χ1n) is 8.69. The number of hydrogen-bond acceptors (Lipinski definition) is 3. The van der Waals surface area contributed by atoms with E-state index < -0.39 is 0 Å². The van der Waals surface area contributed by atoms with Gasteiger partial charge in [0, 0.05) is 42.6 Å². The van der Waals surface area contributed by atoms with Crippen molar-refractivity contribution in [2.45, 2.75) is 26.7 Å². The molecule has 2 aromatic rings. The number of anilines is 1. The molecule has 0 bridgehead atoms. The molecule has 3 N–H and O–H groups in total. The Morgan fingerprint density at radius 3 is 2.81 bits per heavy atom. The second kappa shape index (κ2) is 10.7. The first-order valence-corrected chi connectivity index (χ1v) is 9.48. The Labute approximate surface area is 162 Å². The molecule has 140 valence electrons. The second-order valence-corrected chi connectivity index (χ2v) is 6.69. The molecular weight excluding hydrogens is 396 g/mol. The fraction of sp³-hybridized carbons (Fsp3) is 0.368. The van der Waals surface area contributed by atoms with E-state index in [0.29, 0.717) is 25.5 Å². The average Bonchev–Trinajstić information content (AvgIpc) is 3.11. The molecule has 0 atom stereocenters. The van der Waals surface area contributed by atoms with Crippen LogP contribution in [0.4, 0.5) is 5.69 Å². The maximum atomic E-state index is 12.1. The maximum Gasteiger partial charge on any atom is 0.226 e. The molecule has 1 aromatic heterocycles. The highest BCUT2D eigenvalue weighted by Gasteiger charge is 2.06. The van der Waals surface area contributed by atoms with Crippen molar-refractivity contribution in [1.29, 1.82) is 0 Å². The van der Waals surface area contributed by atoms with Gasteiger partial charge in [0.2, 0.25) is 5.91 Å². The van der Waals surface area contributed by atoms with Crippen molar-refractivity contribution >= 4 is 33.5 Å². The lowest BCUT2D eigenvalue weighted by molar-refractivity contribution is -0.116. The molecule has 1 aromatic carbocycles. The molecule has 0 saturated heterocycles. The zero-order valence-corrected chi connectivity index (χ0v) is 16.7. The quantitative estimate of drug-likeness (QED) is 0.451. The van der Waals surface area contributed by atoms with Crippen LogP contribution in [0.15, 0.2) is 50.5 Å². The molecular formula is C19H25BrN4O2. The Bertz CT molecular complexity index is 729. The molecule has 0 fully saturated rings. The van der Waals surface area contributed by atoms with E-state index >= 15 is 0 Å². The van der Waals surface area contributed by atoms with Crippen LogP contribution in [0.2, 0.25) is 0 Å². The molecule has 0 saturated carbocycles. The number of amides is 1. The summed E-state index contributed by atoms with van der Waals surface area (Å²) in [5.74, 6) is 1.58. The molecule has 6 nitrogen and oxygen atoms in total. The van der Waals surface area contributed by atoms with E-state index in [2.05, 4.69) is 36.9 Å². The fourth-order valence-corrected chi connectivity index (χ4v) is 2.82. The summed E-state index contributed by atoms with van der Waals surface area (Å²) < 4.78 is 6.29. The minimum atomic E-state index is -0.0330. The summed E-state index contributed by atoms with van der Waals surface area (Å²) in [6.07, 6.45) is 2.76. The molecule has 0 radical (unpaired) electrons. The van der Waals surface area contributed by atoms with E-state index in [9.17, 15) is 4.79 Å². The number of carbonyl (C=O) groups excluding carboxylic acids is 1. The lowest BCUT2D eigenvalue weighted by Gasteiger charge is -2.12. The predicted octanol–water partition coefficient (Wildman–Crippen LogP) is 3.48. The summed E-state index contributed by atoms with van der Waals surface area (Å²) in [6.45, 7) is 5.86. The van der Waals surface area contributed by atoms with Gasteiger partial charge in [-0.05, 0) is 49.7 Å². The Morgan fingerprint density at radius 2 is 2.12 bits per heavy atom. The molecule has 0 aliphatic rings. The summed E-state index contributed by atoms with van der Waals surface area (Å²) in [5, 5.41) is 9.29. The Kier molecular flexibility index (Phi) is 8.21. The number of carbonyl (C=O) groups is 1. The number of furan rings is 1. The van der Waals surface area contributed by atoms with E-state index in [0.717, 1.165) is 34.4 Å².